The van der Waals surface area contributed by atoms with Crippen LogP contribution in [-0.4, -0.2) is 33.5 Å². The third-order valence-corrected chi connectivity index (χ3v) is 9.78. The average Bonchev–Trinajstić information content (AvgIpc) is 3.59. The first-order chi connectivity index (χ1) is 21.7. The summed E-state index contributed by atoms with van der Waals surface area (Å²) >= 11 is 0. The first-order valence-corrected chi connectivity index (χ1v) is 15.0. The minimum atomic E-state index is -0.668. The molecule has 0 unspecified atom stereocenters. The van der Waals surface area contributed by atoms with E-state index < -0.39 is 23.7 Å². The lowest BCUT2D eigenvalue weighted by molar-refractivity contribution is -0.123. The maximum atomic E-state index is 14.2. The number of fused-ring (bicyclic) bond motifs is 4. The zero-order chi connectivity index (χ0) is 31.1. The highest BCUT2D eigenvalue weighted by molar-refractivity contribution is 6.25. The molecular formula is C37H28N2O6. The predicted molar refractivity (Wildman–Crippen MR) is 166 cm³/mol. The second kappa shape index (κ2) is 9.82. The van der Waals surface area contributed by atoms with Gasteiger partial charge in [-0.15, -0.1) is 0 Å². The lowest BCUT2D eigenvalue weighted by Gasteiger charge is -2.42. The van der Waals surface area contributed by atoms with Crippen LogP contribution < -0.4 is 4.90 Å². The van der Waals surface area contributed by atoms with E-state index in [1.54, 1.807) is 50.2 Å². The number of hydrogen-bond donors (Lipinski definition) is 1. The van der Waals surface area contributed by atoms with Gasteiger partial charge in [0.15, 0.2) is 17.1 Å². The third-order valence-electron chi connectivity index (χ3n) is 9.78. The summed E-state index contributed by atoms with van der Waals surface area (Å²) < 4.78 is 5.89. The number of oxazole rings is 1. The van der Waals surface area contributed by atoms with Gasteiger partial charge in [0.1, 0.15) is 11.3 Å². The zero-order valence-electron chi connectivity index (χ0n) is 24.6. The second-order valence-corrected chi connectivity index (χ2v) is 12.3. The number of ketones is 2. The van der Waals surface area contributed by atoms with E-state index >= 15 is 0 Å². The number of para-hydroxylation sites is 2. The Labute approximate surface area is 258 Å². The number of aryl methyl sites for hydroxylation is 1. The molecule has 3 aromatic carbocycles. The number of hydrogen-bond acceptors (Lipinski definition) is 7. The number of carbonyl (C=O) groups is 4. The Bertz CT molecular complexity index is 2060. The number of Topliss-reactive ketones (excluding diaryl/α,β-unsaturated/α-hetero) is 1. The number of carbonyl (C=O) groups excluding carboxylic acids is 4. The Kier molecular flexibility index (Phi) is 5.94. The van der Waals surface area contributed by atoms with Gasteiger partial charge in [0.05, 0.1) is 17.5 Å². The van der Waals surface area contributed by atoms with Crippen LogP contribution in [-0.2, 0) is 19.2 Å². The molecule has 1 fully saturated rings. The molecule has 0 saturated carbocycles. The van der Waals surface area contributed by atoms with Crippen LogP contribution in [0.3, 0.4) is 0 Å². The number of rotatable bonds is 3. The molecule has 4 atom stereocenters. The minimum absolute atomic E-state index is 0.133. The van der Waals surface area contributed by atoms with Crippen LogP contribution in [0.15, 0.2) is 106 Å². The van der Waals surface area contributed by atoms with Crippen molar-refractivity contribution in [1.82, 2.24) is 4.98 Å². The molecule has 4 aliphatic rings. The molecule has 0 spiro atoms. The quantitative estimate of drug-likeness (QED) is 0.171. The van der Waals surface area contributed by atoms with Gasteiger partial charge in [-0.25, -0.2) is 4.98 Å². The number of phenolic OH excluding ortho intramolecular Hbond substituents is 1. The molecule has 1 N–H and O–H groups in total. The van der Waals surface area contributed by atoms with Crippen LogP contribution in [0.2, 0.25) is 0 Å². The van der Waals surface area contributed by atoms with Crippen molar-refractivity contribution in [3.05, 3.63) is 112 Å². The number of anilines is 1. The molecule has 0 radical (unpaired) electrons. The summed E-state index contributed by atoms with van der Waals surface area (Å²) in [5, 5.41) is 10.2. The number of amides is 2. The van der Waals surface area contributed by atoms with E-state index in [1.807, 2.05) is 36.4 Å². The molecule has 8 heteroatoms. The maximum Gasteiger partial charge on any atom is 0.238 e. The lowest BCUT2D eigenvalue weighted by atomic mass is 9.59. The van der Waals surface area contributed by atoms with Crippen molar-refractivity contribution in [1.29, 1.82) is 0 Å². The van der Waals surface area contributed by atoms with Gasteiger partial charge in [-0.2, -0.15) is 0 Å². The lowest BCUT2D eigenvalue weighted by Crippen LogP contribution is -2.39. The van der Waals surface area contributed by atoms with E-state index in [4.69, 9.17) is 4.42 Å². The van der Waals surface area contributed by atoms with E-state index in [0.29, 0.717) is 45.9 Å². The standard InChI is InChI=1S/C37H28N2O6/c1-18-15-21(9-14-28(18)40)31-23-12-13-24-32(25(23)17-26-33(31)29(41)16-19(2)34(26)42)37(44)39(36(24)43)22-10-7-20(8-11-22)35-38-27-5-3-4-6-30(27)45-35/h3-12,14-16,24-25,31-32,40H,13,17H2,1-2H3/t24-,25+,31-,32-/m0/s1. The molecule has 4 aromatic rings. The zero-order valence-corrected chi connectivity index (χ0v) is 24.6. The van der Waals surface area contributed by atoms with Gasteiger partial charge in [-0.05, 0) is 92.3 Å². The molecular weight excluding hydrogens is 568 g/mol. The highest BCUT2D eigenvalue weighted by Crippen LogP contribution is 2.55. The highest BCUT2D eigenvalue weighted by atomic mass is 16.3. The second-order valence-electron chi connectivity index (χ2n) is 12.3. The molecule has 222 valence electrons. The van der Waals surface area contributed by atoms with Crippen molar-refractivity contribution >= 4 is 40.2 Å². The Morgan fingerprint density at radius 3 is 2.44 bits per heavy atom. The molecule has 1 saturated heterocycles. The molecule has 45 heavy (non-hydrogen) atoms. The summed E-state index contributed by atoms with van der Waals surface area (Å²) in [6.45, 7) is 3.42. The van der Waals surface area contributed by atoms with Gasteiger partial charge in [0.2, 0.25) is 17.7 Å². The smallest absolute Gasteiger partial charge is 0.238 e. The number of nitrogens with zero attached hydrogens (tertiary/aromatic N) is 2. The summed E-state index contributed by atoms with van der Waals surface area (Å²) in [5.74, 6) is -2.62. The Hall–Kier alpha value is -5.37. The number of aromatic nitrogens is 1. The maximum absolute atomic E-state index is 14.2. The Balaban J connectivity index is 1.16. The van der Waals surface area contributed by atoms with Crippen LogP contribution in [0.25, 0.3) is 22.6 Å². The van der Waals surface area contributed by atoms with E-state index in [1.165, 1.54) is 11.0 Å². The molecule has 2 amide bonds. The van der Waals surface area contributed by atoms with Crippen molar-refractivity contribution in [3.8, 4) is 17.2 Å². The van der Waals surface area contributed by atoms with Crippen LogP contribution in [0.4, 0.5) is 5.69 Å². The number of phenols is 1. The number of benzene rings is 3. The number of allylic oxidation sites excluding steroid dienone is 6. The number of imide groups is 1. The number of aromatic hydroxyl groups is 1. The first kappa shape index (κ1) is 27.2. The topological polar surface area (TPSA) is 118 Å². The van der Waals surface area contributed by atoms with Crippen molar-refractivity contribution in [2.75, 3.05) is 4.90 Å². The van der Waals surface area contributed by atoms with Gasteiger partial charge in [0.25, 0.3) is 0 Å². The molecule has 1 aromatic heterocycles. The summed E-state index contributed by atoms with van der Waals surface area (Å²) in [4.78, 5) is 60.8. The Morgan fingerprint density at radius 1 is 0.911 bits per heavy atom. The highest BCUT2D eigenvalue weighted by Gasteiger charge is 2.56. The van der Waals surface area contributed by atoms with E-state index in [9.17, 15) is 24.3 Å². The van der Waals surface area contributed by atoms with E-state index in [-0.39, 0.29) is 35.6 Å². The monoisotopic (exact) mass is 596 g/mol. The van der Waals surface area contributed by atoms with Crippen LogP contribution in [0.1, 0.15) is 36.8 Å². The van der Waals surface area contributed by atoms with Crippen molar-refractivity contribution in [2.45, 2.75) is 32.6 Å². The summed E-state index contributed by atoms with van der Waals surface area (Å²) in [6.07, 6.45) is 3.96. The van der Waals surface area contributed by atoms with Crippen molar-refractivity contribution < 1.29 is 28.7 Å². The molecule has 3 aliphatic carbocycles. The molecule has 2 heterocycles. The fourth-order valence-electron chi connectivity index (χ4n) is 7.62. The average molecular weight is 597 g/mol. The predicted octanol–water partition coefficient (Wildman–Crippen LogP) is 6.14. The van der Waals surface area contributed by atoms with Crippen LogP contribution in [0.5, 0.6) is 5.75 Å². The van der Waals surface area contributed by atoms with Gasteiger partial charge < -0.3 is 9.52 Å². The van der Waals surface area contributed by atoms with Crippen LogP contribution in [0, 0.1) is 24.7 Å². The molecule has 0 bridgehead atoms. The summed E-state index contributed by atoms with van der Waals surface area (Å²) in [7, 11) is 0. The van der Waals surface area contributed by atoms with Crippen molar-refractivity contribution in [2.24, 2.45) is 17.8 Å². The third kappa shape index (κ3) is 4.01. The minimum Gasteiger partial charge on any atom is -0.508 e. The summed E-state index contributed by atoms with van der Waals surface area (Å²) in [5.41, 5.74) is 6.10. The SMILES string of the molecule is CC1=CC(=O)C2=C(C[C@@H]3C(=CC[C@@H]4C(=O)N(c5ccc(-c6nc7ccccc7o6)cc5)C(=O)[C@@H]43)[C@@H]2c2ccc(O)c(C)c2)C1=O. The normalized spacial score (nSPS) is 24.4. The molecule has 8 rings (SSSR count). The van der Waals surface area contributed by atoms with Gasteiger partial charge >= 0.3 is 0 Å². The van der Waals surface area contributed by atoms with Gasteiger partial charge in [-0.3, -0.25) is 24.1 Å². The molecule has 8 nitrogen and oxygen atoms in total. The van der Waals surface area contributed by atoms with Gasteiger partial charge in [0, 0.05) is 28.2 Å². The van der Waals surface area contributed by atoms with Crippen LogP contribution >= 0.6 is 0 Å². The summed E-state index contributed by atoms with van der Waals surface area (Å²) in [6, 6.07) is 19.7. The molecule has 1 aliphatic heterocycles. The van der Waals surface area contributed by atoms with E-state index in [0.717, 1.165) is 22.2 Å². The van der Waals surface area contributed by atoms with Gasteiger partial charge in [-0.1, -0.05) is 35.9 Å². The van der Waals surface area contributed by atoms with Crippen molar-refractivity contribution in [3.63, 3.8) is 0 Å². The Morgan fingerprint density at radius 2 is 1.69 bits per heavy atom. The first-order valence-electron chi connectivity index (χ1n) is 15.0. The van der Waals surface area contributed by atoms with E-state index in [2.05, 4.69) is 4.98 Å². The fourth-order valence-corrected chi connectivity index (χ4v) is 7.62. The fraction of sp³-hybridized carbons (Fsp3) is 0.216. The largest absolute Gasteiger partial charge is 0.508 e.